The van der Waals surface area contributed by atoms with Crippen molar-refractivity contribution in [3.8, 4) is 0 Å². The van der Waals surface area contributed by atoms with Crippen LogP contribution in [0.5, 0.6) is 0 Å². The molecule has 0 aromatic heterocycles. The van der Waals surface area contributed by atoms with Crippen molar-refractivity contribution in [1.29, 1.82) is 0 Å². The van der Waals surface area contributed by atoms with E-state index >= 15 is 0 Å². The summed E-state index contributed by atoms with van der Waals surface area (Å²) < 4.78 is 5.01. The normalized spacial score (nSPS) is 14.9. The maximum Gasteiger partial charge on any atom is 0.0912 e. The second kappa shape index (κ2) is 7.13. The lowest BCUT2D eigenvalue weighted by Gasteiger charge is -1.89. The van der Waals surface area contributed by atoms with E-state index in [1.54, 1.807) is 6.08 Å². The molecule has 0 spiro atoms. The van der Waals surface area contributed by atoms with Gasteiger partial charge in [-0.2, -0.15) is 0 Å². The molecule has 0 fully saturated rings. The molecule has 1 rings (SSSR count). The second-order valence-corrected chi connectivity index (χ2v) is 2.21. The molecule has 0 bridgehead atoms. The molecule has 0 aromatic carbocycles. The Morgan fingerprint density at radius 3 is 2.45 bits per heavy atom. The molecule has 0 unspecified atom stereocenters. The molecule has 0 aliphatic carbocycles. The van der Waals surface area contributed by atoms with Gasteiger partial charge in [-0.15, -0.1) is 0 Å². The van der Waals surface area contributed by atoms with Crippen LogP contribution in [0.15, 0.2) is 36.6 Å². The Kier molecular flexibility index (Phi) is 6.50. The molecule has 0 radical (unpaired) electrons. The lowest BCUT2D eigenvalue weighted by Crippen LogP contribution is -1.76. The predicted octanol–water partition coefficient (Wildman–Crippen LogP) is 3.06. The molecular formula is C10H16O. The minimum absolute atomic E-state index is 0.895. The molecular weight excluding hydrogens is 136 g/mol. The first-order valence-corrected chi connectivity index (χ1v) is 3.84. The van der Waals surface area contributed by atoms with Crippen LogP contribution in [0.1, 0.15) is 20.3 Å². The number of ether oxygens (including phenoxy) is 1. The van der Waals surface area contributed by atoms with Gasteiger partial charge >= 0.3 is 0 Å². The zero-order valence-electron chi connectivity index (χ0n) is 7.34. The second-order valence-electron chi connectivity index (χ2n) is 2.21. The first-order chi connectivity index (χ1) is 5.31. The van der Waals surface area contributed by atoms with Crippen LogP contribution >= 0.6 is 0 Å². The molecule has 0 atom stereocenters. The highest BCUT2D eigenvalue weighted by molar-refractivity contribution is 4.94. The van der Waals surface area contributed by atoms with E-state index in [1.165, 1.54) is 0 Å². The third-order valence-corrected chi connectivity index (χ3v) is 1.21. The van der Waals surface area contributed by atoms with E-state index in [9.17, 15) is 0 Å². The number of allylic oxidation sites excluding steroid dienone is 4. The van der Waals surface area contributed by atoms with Gasteiger partial charge in [0.15, 0.2) is 0 Å². The van der Waals surface area contributed by atoms with Crippen LogP contribution in [0.25, 0.3) is 0 Å². The van der Waals surface area contributed by atoms with Gasteiger partial charge < -0.3 is 4.74 Å². The van der Waals surface area contributed by atoms with E-state index in [4.69, 9.17) is 4.74 Å². The average molecular weight is 152 g/mol. The molecule has 11 heavy (non-hydrogen) atoms. The smallest absolute Gasteiger partial charge is 0.0912 e. The van der Waals surface area contributed by atoms with Gasteiger partial charge in [0.1, 0.15) is 0 Å². The number of rotatable bonds is 1. The summed E-state index contributed by atoms with van der Waals surface area (Å²) in [4.78, 5) is 0. The highest BCUT2D eigenvalue weighted by Crippen LogP contribution is 2.05. The Hall–Kier alpha value is -0.980. The van der Waals surface area contributed by atoms with Gasteiger partial charge in [0, 0.05) is 6.42 Å². The summed E-state index contributed by atoms with van der Waals surface area (Å²) >= 11 is 0. The summed E-state index contributed by atoms with van der Waals surface area (Å²) in [5.74, 6) is 1.08. The fourth-order valence-electron chi connectivity index (χ4n) is 0.677. The number of hydrogen-bond acceptors (Lipinski definition) is 1. The quantitative estimate of drug-likeness (QED) is 0.525. The van der Waals surface area contributed by atoms with Gasteiger partial charge in [-0.1, -0.05) is 24.8 Å². The summed E-state index contributed by atoms with van der Waals surface area (Å²) in [6, 6.07) is 0. The van der Waals surface area contributed by atoms with Gasteiger partial charge in [0.05, 0.1) is 12.4 Å². The molecule has 0 saturated heterocycles. The van der Waals surface area contributed by atoms with E-state index in [-0.39, 0.29) is 0 Å². The molecule has 1 nitrogen and oxygen atoms in total. The van der Waals surface area contributed by atoms with Crippen molar-refractivity contribution < 1.29 is 4.74 Å². The Bertz CT molecular complexity index is 154. The monoisotopic (exact) mass is 152 g/mol. The average Bonchev–Trinajstić information content (AvgIpc) is 2.43. The van der Waals surface area contributed by atoms with Crippen LogP contribution in [0.4, 0.5) is 0 Å². The summed E-state index contributed by atoms with van der Waals surface area (Å²) in [7, 11) is 0. The molecule has 0 amide bonds. The van der Waals surface area contributed by atoms with Gasteiger partial charge in [0.25, 0.3) is 0 Å². The van der Waals surface area contributed by atoms with E-state index in [1.807, 2.05) is 26.0 Å². The lowest BCUT2D eigenvalue weighted by atomic mass is 10.4. The number of hydrogen-bond donors (Lipinski definition) is 0. The van der Waals surface area contributed by atoms with E-state index in [2.05, 4.69) is 12.7 Å². The Labute approximate surface area is 69.1 Å². The molecule has 62 valence electrons. The minimum atomic E-state index is 0.895. The molecule has 1 heteroatoms. The largest absolute Gasteiger partial charge is 0.498 e. The Balaban J connectivity index is 0.000000187. The SMILES string of the molecule is C=C/C=C\C.CC1=CCCO1. The van der Waals surface area contributed by atoms with Crippen LogP contribution in [-0.4, -0.2) is 6.61 Å². The van der Waals surface area contributed by atoms with Crippen LogP contribution < -0.4 is 0 Å². The van der Waals surface area contributed by atoms with Crippen LogP contribution in [0, 0.1) is 0 Å². The van der Waals surface area contributed by atoms with Crippen molar-refractivity contribution in [2.45, 2.75) is 20.3 Å². The van der Waals surface area contributed by atoms with Crippen molar-refractivity contribution in [2.75, 3.05) is 6.61 Å². The Morgan fingerprint density at radius 1 is 1.64 bits per heavy atom. The predicted molar refractivity (Wildman–Crippen MR) is 49.3 cm³/mol. The third kappa shape index (κ3) is 6.91. The van der Waals surface area contributed by atoms with Crippen molar-refractivity contribution in [3.05, 3.63) is 36.6 Å². The van der Waals surface area contributed by atoms with E-state index < -0.39 is 0 Å². The molecule has 0 N–H and O–H groups in total. The molecule has 1 aliphatic heterocycles. The molecule has 1 heterocycles. The van der Waals surface area contributed by atoms with Crippen LogP contribution in [-0.2, 0) is 4.74 Å². The van der Waals surface area contributed by atoms with Gasteiger partial charge in [0.2, 0.25) is 0 Å². The first kappa shape index (κ1) is 10.0. The molecule has 0 saturated carbocycles. The maximum atomic E-state index is 5.01. The van der Waals surface area contributed by atoms with Crippen molar-refractivity contribution >= 4 is 0 Å². The fraction of sp³-hybridized carbons (Fsp3) is 0.400. The zero-order chi connectivity index (χ0) is 8.53. The third-order valence-electron chi connectivity index (χ3n) is 1.21. The van der Waals surface area contributed by atoms with Gasteiger partial charge in [-0.25, -0.2) is 0 Å². The van der Waals surface area contributed by atoms with Crippen LogP contribution in [0.2, 0.25) is 0 Å². The highest BCUT2D eigenvalue weighted by atomic mass is 16.5. The van der Waals surface area contributed by atoms with Crippen LogP contribution in [0.3, 0.4) is 0 Å². The topological polar surface area (TPSA) is 9.23 Å². The lowest BCUT2D eigenvalue weighted by molar-refractivity contribution is 0.247. The van der Waals surface area contributed by atoms with E-state index in [0.717, 1.165) is 18.8 Å². The zero-order valence-corrected chi connectivity index (χ0v) is 7.34. The van der Waals surface area contributed by atoms with Gasteiger partial charge in [-0.05, 0) is 19.9 Å². The van der Waals surface area contributed by atoms with Crippen molar-refractivity contribution in [1.82, 2.24) is 0 Å². The summed E-state index contributed by atoms with van der Waals surface area (Å²) in [5, 5.41) is 0. The van der Waals surface area contributed by atoms with Crippen molar-refractivity contribution in [3.63, 3.8) is 0 Å². The standard InChI is InChI=1S/C5H8O.C5H8/c1-5-3-2-4-6-5;1-3-5-4-2/h3H,2,4H2,1H3;3-5H,1H2,2H3/b;5-4-. The van der Waals surface area contributed by atoms with Gasteiger partial charge in [-0.3, -0.25) is 0 Å². The first-order valence-electron chi connectivity index (χ1n) is 3.84. The maximum absolute atomic E-state index is 5.01. The minimum Gasteiger partial charge on any atom is -0.498 e. The summed E-state index contributed by atoms with van der Waals surface area (Å²) in [6.07, 6.45) is 8.78. The fourth-order valence-corrected chi connectivity index (χ4v) is 0.677. The summed E-state index contributed by atoms with van der Waals surface area (Å²) in [5.41, 5.74) is 0. The highest BCUT2D eigenvalue weighted by Gasteiger charge is 1.94. The van der Waals surface area contributed by atoms with Crippen molar-refractivity contribution in [2.24, 2.45) is 0 Å². The molecule has 1 aliphatic rings. The Morgan fingerprint density at radius 2 is 2.36 bits per heavy atom. The van der Waals surface area contributed by atoms with E-state index in [0.29, 0.717) is 0 Å². The summed E-state index contributed by atoms with van der Waals surface area (Å²) in [6.45, 7) is 8.30. The molecule has 0 aromatic rings.